The van der Waals surface area contributed by atoms with Gasteiger partial charge in [0.15, 0.2) is 15.0 Å². The number of nitrogens with one attached hydrogen (secondary N) is 1. The quantitative estimate of drug-likeness (QED) is 0.726. The van der Waals surface area contributed by atoms with E-state index < -0.39 is 27.4 Å². The van der Waals surface area contributed by atoms with Crippen molar-refractivity contribution in [1.82, 2.24) is 5.32 Å². The Labute approximate surface area is 187 Å². The lowest BCUT2D eigenvalue weighted by atomic mass is 9.99. The summed E-state index contributed by atoms with van der Waals surface area (Å²) in [6, 6.07) is 7.50. The molecule has 0 unspecified atom stereocenters. The molecule has 0 bridgehead atoms. The van der Waals surface area contributed by atoms with Crippen LogP contribution in [0.4, 0.5) is 10.5 Å². The number of benzene rings is 1. The van der Waals surface area contributed by atoms with Gasteiger partial charge in [-0.15, -0.1) is 0 Å². The van der Waals surface area contributed by atoms with Gasteiger partial charge in [-0.25, -0.2) is 13.2 Å². The van der Waals surface area contributed by atoms with Gasteiger partial charge in [0, 0.05) is 10.9 Å². The van der Waals surface area contributed by atoms with Crippen molar-refractivity contribution in [3.8, 4) is 0 Å². The maximum Gasteiger partial charge on any atom is 0.408 e. The zero-order chi connectivity index (χ0) is 23.0. The van der Waals surface area contributed by atoms with Gasteiger partial charge in [0.05, 0.1) is 17.5 Å². The number of fused-ring (bicyclic) bond motifs is 1. The van der Waals surface area contributed by atoms with Crippen LogP contribution in [0.2, 0.25) is 0 Å². The lowest BCUT2D eigenvalue weighted by Gasteiger charge is -2.28. The van der Waals surface area contributed by atoms with Gasteiger partial charge in [0.2, 0.25) is 0 Å². The fourth-order valence-corrected chi connectivity index (χ4v) is 7.57. The highest BCUT2D eigenvalue weighted by Gasteiger charge is 2.49. The molecule has 3 rings (SSSR count). The number of sulfone groups is 1. The number of ether oxygens (including phenoxy) is 1. The molecule has 2 aliphatic heterocycles. The van der Waals surface area contributed by atoms with Crippen molar-refractivity contribution in [2.45, 2.75) is 57.4 Å². The molecule has 0 spiro atoms. The van der Waals surface area contributed by atoms with E-state index in [1.807, 2.05) is 29.2 Å². The van der Waals surface area contributed by atoms with Crippen LogP contribution in [0.1, 0.15) is 46.1 Å². The number of carbonyl (C=O) groups excluding carboxylic acids is 2. The van der Waals surface area contributed by atoms with E-state index in [2.05, 4.69) is 24.2 Å². The fourth-order valence-electron chi connectivity index (χ4n) is 3.65. The molecule has 2 saturated heterocycles. The maximum absolute atomic E-state index is 12.5. The number of alkyl carbamates (subject to hydrolysis) is 1. The van der Waals surface area contributed by atoms with E-state index in [0.29, 0.717) is 5.17 Å². The number of rotatable bonds is 4. The molecule has 1 N–H and O–H groups in total. The smallest absolute Gasteiger partial charge is 0.408 e. The average Bonchev–Trinajstić information content (AvgIpc) is 3.09. The highest BCUT2D eigenvalue weighted by atomic mass is 32.2. The van der Waals surface area contributed by atoms with Crippen molar-refractivity contribution in [3.63, 3.8) is 0 Å². The first-order valence-corrected chi connectivity index (χ1v) is 12.9. The number of hydrogen-bond acceptors (Lipinski definition) is 6. The van der Waals surface area contributed by atoms with Crippen LogP contribution in [-0.2, 0) is 19.4 Å². The summed E-state index contributed by atoms with van der Waals surface area (Å²) >= 11 is 1.31. The first kappa shape index (κ1) is 23.6. The summed E-state index contributed by atoms with van der Waals surface area (Å²) in [7, 11) is -3.15. The van der Waals surface area contributed by atoms with Crippen molar-refractivity contribution < 1.29 is 22.7 Å². The minimum atomic E-state index is -3.15. The van der Waals surface area contributed by atoms with Gasteiger partial charge in [-0.2, -0.15) is 4.99 Å². The number of aliphatic imine (C=N–C) groups is 1. The van der Waals surface area contributed by atoms with Gasteiger partial charge in [-0.1, -0.05) is 43.8 Å². The normalized spacial score (nSPS) is 23.8. The van der Waals surface area contributed by atoms with Crippen LogP contribution in [0.3, 0.4) is 0 Å². The SMILES string of the molecule is CC(C)c1ccccc1N1C(=NC(=O)CNC(=O)OC(C)(C)C)S[C@H]2CS(=O)(=O)C[C@@H]21. The molecular formula is C21H29N3O5S2. The number of anilines is 1. The number of nitrogens with zero attached hydrogens (tertiary/aromatic N) is 2. The van der Waals surface area contributed by atoms with Gasteiger partial charge < -0.3 is 15.0 Å². The summed E-state index contributed by atoms with van der Waals surface area (Å²) in [6.07, 6.45) is -0.690. The first-order valence-electron chi connectivity index (χ1n) is 10.2. The summed E-state index contributed by atoms with van der Waals surface area (Å²) in [5.74, 6) is -0.223. The van der Waals surface area contributed by atoms with Crippen LogP contribution in [0.15, 0.2) is 29.3 Å². The number of para-hydroxylation sites is 1. The van der Waals surface area contributed by atoms with Gasteiger partial charge in [-0.3, -0.25) is 4.79 Å². The predicted molar refractivity (Wildman–Crippen MR) is 124 cm³/mol. The molecule has 0 aromatic heterocycles. The largest absolute Gasteiger partial charge is 0.444 e. The van der Waals surface area contributed by atoms with Gasteiger partial charge in [-0.05, 0) is 38.3 Å². The van der Waals surface area contributed by atoms with Crippen LogP contribution in [0, 0.1) is 0 Å². The summed E-state index contributed by atoms with van der Waals surface area (Å²) in [5.41, 5.74) is 1.25. The molecule has 2 atom stereocenters. The highest BCUT2D eigenvalue weighted by Crippen LogP contribution is 2.43. The van der Waals surface area contributed by atoms with Crippen LogP contribution in [0.5, 0.6) is 0 Å². The Kier molecular flexibility index (Phi) is 6.71. The van der Waals surface area contributed by atoms with E-state index in [4.69, 9.17) is 4.74 Å². The molecule has 1 aromatic carbocycles. The number of thioether (sulfide) groups is 1. The van der Waals surface area contributed by atoms with Crippen LogP contribution >= 0.6 is 11.8 Å². The molecule has 170 valence electrons. The molecule has 2 fully saturated rings. The van der Waals surface area contributed by atoms with Crippen molar-refractivity contribution in [2.75, 3.05) is 23.0 Å². The molecular weight excluding hydrogens is 438 g/mol. The Morgan fingerprint density at radius 3 is 2.58 bits per heavy atom. The summed E-state index contributed by atoms with van der Waals surface area (Å²) in [4.78, 5) is 30.4. The number of amides is 2. The maximum atomic E-state index is 12.5. The molecule has 2 heterocycles. The van der Waals surface area contributed by atoms with E-state index in [-0.39, 0.29) is 35.3 Å². The van der Waals surface area contributed by atoms with Crippen LogP contribution < -0.4 is 10.2 Å². The molecule has 0 saturated carbocycles. The second kappa shape index (κ2) is 8.82. The second-order valence-corrected chi connectivity index (χ2v) is 12.4. The van der Waals surface area contributed by atoms with Gasteiger partial charge in [0.25, 0.3) is 5.91 Å². The monoisotopic (exact) mass is 467 g/mol. The Morgan fingerprint density at radius 1 is 1.26 bits per heavy atom. The summed E-state index contributed by atoms with van der Waals surface area (Å²) in [5, 5.41) is 2.70. The third-order valence-electron chi connectivity index (χ3n) is 4.89. The summed E-state index contributed by atoms with van der Waals surface area (Å²) < 4.78 is 29.6. The van der Waals surface area contributed by atoms with Gasteiger partial charge in [0.1, 0.15) is 12.1 Å². The zero-order valence-corrected chi connectivity index (χ0v) is 20.0. The zero-order valence-electron chi connectivity index (χ0n) is 18.4. The van der Waals surface area contributed by atoms with Crippen molar-refractivity contribution in [3.05, 3.63) is 29.8 Å². The third kappa shape index (κ3) is 5.79. The molecule has 2 aliphatic rings. The average molecular weight is 468 g/mol. The van der Waals surface area contributed by atoms with Crippen LogP contribution in [-0.4, -0.2) is 60.5 Å². The van der Waals surface area contributed by atoms with Crippen LogP contribution in [0.25, 0.3) is 0 Å². The third-order valence-corrected chi connectivity index (χ3v) is 8.10. The number of hydrogen-bond donors (Lipinski definition) is 1. The highest BCUT2D eigenvalue weighted by molar-refractivity contribution is 8.16. The number of amidine groups is 1. The molecule has 0 radical (unpaired) electrons. The Hall–Kier alpha value is -2.07. The molecule has 0 aliphatic carbocycles. The molecule has 1 aromatic rings. The molecule has 2 amide bonds. The topological polar surface area (TPSA) is 105 Å². The van der Waals surface area contributed by atoms with Gasteiger partial charge >= 0.3 is 6.09 Å². The fraction of sp³-hybridized carbons (Fsp3) is 0.571. The molecule has 8 nitrogen and oxygen atoms in total. The predicted octanol–water partition coefficient (Wildman–Crippen LogP) is 2.94. The molecule has 31 heavy (non-hydrogen) atoms. The van der Waals surface area contributed by atoms with E-state index in [9.17, 15) is 18.0 Å². The Bertz CT molecular complexity index is 999. The van der Waals surface area contributed by atoms with E-state index >= 15 is 0 Å². The Morgan fingerprint density at radius 2 is 1.94 bits per heavy atom. The summed E-state index contributed by atoms with van der Waals surface area (Å²) in [6.45, 7) is 9.05. The van der Waals surface area contributed by atoms with Crippen molar-refractivity contribution >= 4 is 44.5 Å². The van der Waals surface area contributed by atoms with E-state index in [1.54, 1.807) is 20.8 Å². The van der Waals surface area contributed by atoms with Crippen molar-refractivity contribution in [1.29, 1.82) is 0 Å². The van der Waals surface area contributed by atoms with Crippen molar-refractivity contribution in [2.24, 2.45) is 4.99 Å². The second-order valence-electron chi connectivity index (χ2n) is 9.03. The lowest BCUT2D eigenvalue weighted by Crippen LogP contribution is -2.39. The molecule has 10 heteroatoms. The standard InChI is InChI=1S/C21H29N3O5S2/c1-13(2)14-8-6-7-9-15(14)24-16-11-31(27,28)12-17(16)30-19(24)23-18(25)10-22-20(26)29-21(3,4)5/h6-9,13,16-17H,10-12H2,1-5H3,(H,22,26)/t16-,17-/m0/s1. The minimum Gasteiger partial charge on any atom is -0.444 e. The lowest BCUT2D eigenvalue weighted by molar-refractivity contribution is -0.117. The van der Waals surface area contributed by atoms with E-state index in [0.717, 1.165) is 11.3 Å². The first-order chi connectivity index (χ1) is 14.4. The van der Waals surface area contributed by atoms with E-state index in [1.165, 1.54) is 11.8 Å². The Balaban J connectivity index is 1.85. The number of carbonyl (C=O) groups is 2. The minimum absolute atomic E-state index is 0.0282.